The number of pyridine rings is 1. The number of methoxy groups -OCH3 is 1. The molecule has 2 heterocycles. The molecule has 1 atom stereocenters. The van der Waals surface area contributed by atoms with Crippen molar-refractivity contribution < 1.29 is 19.1 Å². The first-order valence-corrected chi connectivity index (χ1v) is 9.30. The highest BCUT2D eigenvalue weighted by Gasteiger charge is 2.36. The van der Waals surface area contributed by atoms with Gasteiger partial charge in [0.05, 0.1) is 12.5 Å². The molecule has 26 heavy (non-hydrogen) atoms. The van der Waals surface area contributed by atoms with E-state index in [1.165, 1.54) is 0 Å². The van der Waals surface area contributed by atoms with Crippen molar-refractivity contribution in [2.24, 2.45) is 11.8 Å². The molecule has 2 amide bonds. The molecule has 1 saturated carbocycles. The third-order valence-corrected chi connectivity index (χ3v) is 4.83. The van der Waals surface area contributed by atoms with Crippen LogP contribution in [0.5, 0.6) is 5.88 Å². The van der Waals surface area contributed by atoms with Crippen LogP contribution in [0.25, 0.3) is 0 Å². The van der Waals surface area contributed by atoms with Crippen LogP contribution in [0.3, 0.4) is 0 Å². The molecule has 1 unspecified atom stereocenters. The molecule has 7 nitrogen and oxygen atoms in total. The van der Waals surface area contributed by atoms with Crippen molar-refractivity contribution in [3.8, 4) is 5.88 Å². The first-order chi connectivity index (χ1) is 12.7. The summed E-state index contributed by atoms with van der Waals surface area (Å²) >= 11 is 0. The molecule has 0 spiro atoms. The molecule has 3 rings (SSSR count). The average molecular weight is 361 g/mol. The number of nitrogens with one attached hydrogen (secondary N) is 1. The van der Waals surface area contributed by atoms with Gasteiger partial charge in [0, 0.05) is 44.9 Å². The molecule has 0 radical (unpaired) electrons. The van der Waals surface area contributed by atoms with E-state index in [0.717, 1.165) is 37.8 Å². The second kappa shape index (κ2) is 8.98. The van der Waals surface area contributed by atoms with Crippen LogP contribution in [0, 0.1) is 11.8 Å². The average Bonchev–Trinajstić information content (AvgIpc) is 3.52. The summed E-state index contributed by atoms with van der Waals surface area (Å²) in [6, 6.07) is 3.67. The second-order valence-electron chi connectivity index (χ2n) is 6.96. The highest BCUT2D eigenvalue weighted by molar-refractivity contribution is 5.83. The third-order valence-electron chi connectivity index (χ3n) is 4.83. The molecule has 1 aromatic rings. The van der Waals surface area contributed by atoms with Crippen molar-refractivity contribution in [1.29, 1.82) is 0 Å². The van der Waals surface area contributed by atoms with Gasteiger partial charge in [-0.1, -0.05) is 6.07 Å². The number of rotatable bonds is 8. The summed E-state index contributed by atoms with van der Waals surface area (Å²) in [5.41, 5.74) is 0.916. The fourth-order valence-electron chi connectivity index (χ4n) is 3.14. The number of hydrogen-bond donors (Lipinski definition) is 1. The topological polar surface area (TPSA) is 80.8 Å². The van der Waals surface area contributed by atoms with Gasteiger partial charge in [-0.05, 0) is 31.2 Å². The largest absolute Gasteiger partial charge is 0.475 e. The maximum atomic E-state index is 12.5. The molecule has 2 aliphatic rings. The minimum Gasteiger partial charge on any atom is -0.475 e. The number of amides is 2. The zero-order valence-corrected chi connectivity index (χ0v) is 15.3. The van der Waals surface area contributed by atoms with Gasteiger partial charge < -0.3 is 19.7 Å². The van der Waals surface area contributed by atoms with Crippen molar-refractivity contribution in [2.75, 3.05) is 33.4 Å². The Hall–Kier alpha value is -2.15. The first kappa shape index (κ1) is 18.6. The van der Waals surface area contributed by atoms with Gasteiger partial charge in [0.15, 0.2) is 0 Å². The van der Waals surface area contributed by atoms with Gasteiger partial charge >= 0.3 is 0 Å². The van der Waals surface area contributed by atoms with Gasteiger partial charge in [-0.2, -0.15) is 0 Å². The van der Waals surface area contributed by atoms with Crippen LogP contribution in [-0.4, -0.2) is 55.1 Å². The van der Waals surface area contributed by atoms with Crippen LogP contribution in [0.4, 0.5) is 0 Å². The lowest BCUT2D eigenvalue weighted by Gasteiger charge is -2.32. The normalized spacial score (nSPS) is 19.9. The maximum Gasteiger partial charge on any atom is 0.225 e. The van der Waals surface area contributed by atoms with Crippen molar-refractivity contribution in [2.45, 2.75) is 32.2 Å². The molecule has 1 aliphatic carbocycles. The predicted octanol–water partition coefficient (Wildman–Crippen LogP) is 1.37. The summed E-state index contributed by atoms with van der Waals surface area (Å²) in [5.74, 6) is 0.886. The summed E-state index contributed by atoms with van der Waals surface area (Å²) < 4.78 is 10.3. The van der Waals surface area contributed by atoms with Crippen molar-refractivity contribution in [3.05, 3.63) is 23.9 Å². The van der Waals surface area contributed by atoms with E-state index in [1.807, 2.05) is 11.0 Å². The van der Waals surface area contributed by atoms with Gasteiger partial charge in [0.2, 0.25) is 17.7 Å². The van der Waals surface area contributed by atoms with Gasteiger partial charge in [-0.3, -0.25) is 9.59 Å². The fourth-order valence-corrected chi connectivity index (χ4v) is 3.14. The van der Waals surface area contributed by atoms with E-state index in [4.69, 9.17) is 9.47 Å². The van der Waals surface area contributed by atoms with E-state index in [2.05, 4.69) is 10.3 Å². The third kappa shape index (κ3) is 5.17. The van der Waals surface area contributed by atoms with E-state index in [0.29, 0.717) is 32.2 Å². The van der Waals surface area contributed by atoms with Crippen LogP contribution in [0.1, 0.15) is 31.2 Å². The Morgan fingerprint density at radius 3 is 2.77 bits per heavy atom. The van der Waals surface area contributed by atoms with Gasteiger partial charge in [0.25, 0.3) is 0 Å². The maximum absolute atomic E-state index is 12.5. The smallest absolute Gasteiger partial charge is 0.225 e. The quantitative estimate of drug-likeness (QED) is 0.708. The minimum absolute atomic E-state index is 0.0127. The van der Waals surface area contributed by atoms with E-state index in [-0.39, 0.29) is 23.7 Å². The highest BCUT2D eigenvalue weighted by Crippen LogP contribution is 2.32. The Bertz CT molecular complexity index is 616. The van der Waals surface area contributed by atoms with Crippen LogP contribution in [0.2, 0.25) is 0 Å². The number of aromatic nitrogens is 1. The summed E-state index contributed by atoms with van der Waals surface area (Å²) in [6.45, 7) is 2.73. The molecule has 0 bridgehead atoms. The molecule has 1 saturated heterocycles. The standard InChI is InChI=1S/C19H27N3O4/c1-25-9-10-26-17-7-4-14(11-20-17)12-21-18(23)16-3-2-8-22(13-16)19(24)15-5-6-15/h4,7,11,15-16H,2-3,5-6,8-10,12-13H2,1H3,(H,21,23). The van der Waals surface area contributed by atoms with E-state index < -0.39 is 0 Å². The monoisotopic (exact) mass is 361 g/mol. The lowest BCUT2D eigenvalue weighted by Crippen LogP contribution is -2.45. The van der Waals surface area contributed by atoms with Crippen LogP contribution in [-0.2, 0) is 20.9 Å². The van der Waals surface area contributed by atoms with Crippen molar-refractivity contribution >= 4 is 11.8 Å². The molecular formula is C19H27N3O4. The molecule has 7 heteroatoms. The molecule has 0 aromatic carbocycles. The van der Waals surface area contributed by atoms with Crippen LogP contribution < -0.4 is 10.1 Å². The Kier molecular flexibility index (Phi) is 6.44. The van der Waals surface area contributed by atoms with Crippen LogP contribution >= 0.6 is 0 Å². The number of likely N-dealkylation sites (tertiary alicyclic amines) is 1. The summed E-state index contributed by atoms with van der Waals surface area (Å²) in [5, 5.41) is 2.97. The minimum atomic E-state index is -0.115. The number of piperidine rings is 1. The zero-order valence-electron chi connectivity index (χ0n) is 15.3. The Morgan fingerprint density at radius 2 is 2.08 bits per heavy atom. The number of carbonyl (C=O) groups is 2. The second-order valence-corrected chi connectivity index (χ2v) is 6.96. The Morgan fingerprint density at radius 1 is 1.23 bits per heavy atom. The summed E-state index contributed by atoms with van der Waals surface area (Å²) in [4.78, 5) is 30.8. The van der Waals surface area contributed by atoms with E-state index in [9.17, 15) is 9.59 Å². The highest BCUT2D eigenvalue weighted by atomic mass is 16.5. The van der Waals surface area contributed by atoms with E-state index >= 15 is 0 Å². The molecule has 1 N–H and O–H groups in total. The molecule has 1 aromatic heterocycles. The molecule has 2 fully saturated rings. The van der Waals surface area contributed by atoms with E-state index in [1.54, 1.807) is 19.4 Å². The summed E-state index contributed by atoms with van der Waals surface area (Å²) in [7, 11) is 1.62. The van der Waals surface area contributed by atoms with Gasteiger partial charge in [-0.15, -0.1) is 0 Å². The number of carbonyl (C=O) groups excluding carboxylic acids is 2. The zero-order chi connectivity index (χ0) is 18.4. The fraction of sp³-hybridized carbons (Fsp3) is 0.632. The van der Waals surface area contributed by atoms with Gasteiger partial charge in [-0.25, -0.2) is 4.98 Å². The van der Waals surface area contributed by atoms with Crippen molar-refractivity contribution in [1.82, 2.24) is 15.2 Å². The molecule has 142 valence electrons. The Balaban J connectivity index is 1.43. The Labute approximate surface area is 154 Å². The predicted molar refractivity (Wildman–Crippen MR) is 95.5 cm³/mol. The molecular weight excluding hydrogens is 334 g/mol. The lowest BCUT2D eigenvalue weighted by atomic mass is 9.96. The molecule has 1 aliphatic heterocycles. The summed E-state index contributed by atoms with van der Waals surface area (Å²) in [6.07, 6.45) is 5.44. The lowest BCUT2D eigenvalue weighted by molar-refractivity contribution is -0.136. The van der Waals surface area contributed by atoms with Crippen LogP contribution in [0.15, 0.2) is 18.3 Å². The number of hydrogen-bond acceptors (Lipinski definition) is 5. The van der Waals surface area contributed by atoms with Crippen molar-refractivity contribution in [3.63, 3.8) is 0 Å². The first-order valence-electron chi connectivity index (χ1n) is 9.30. The number of ether oxygens (including phenoxy) is 2. The van der Waals surface area contributed by atoms with Gasteiger partial charge in [0.1, 0.15) is 6.61 Å². The SMILES string of the molecule is COCCOc1ccc(CNC(=O)C2CCCN(C(=O)C3CC3)C2)cn1. The number of nitrogens with zero attached hydrogens (tertiary/aromatic N) is 2.